The summed E-state index contributed by atoms with van der Waals surface area (Å²) in [7, 11) is 0. The number of aryl methyl sites for hydroxylation is 1. The van der Waals surface area contributed by atoms with Gasteiger partial charge in [-0.3, -0.25) is 9.48 Å². The minimum Gasteiger partial charge on any atom is -0.348 e. The Morgan fingerprint density at radius 2 is 2.06 bits per heavy atom. The number of halogens is 3. The summed E-state index contributed by atoms with van der Waals surface area (Å²) in [5.41, 5.74) is 1.62. The van der Waals surface area contributed by atoms with Crippen molar-refractivity contribution in [1.29, 1.82) is 0 Å². The van der Waals surface area contributed by atoms with Crippen LogP contribution < -0.4 is 5.32 Å². The van der Waals surface area contributed by atoms with E-state index in [0.717, 1.165) is 47.7 Å². The van der Waals surface area contributed by atoms with Crippen molar-refractivity contribution < 1.29 is 18.0 Å². The smallest absolute Gasteiger partial charge is 0.348 e. The van der Waals surface area contributed by atoms with Gasteiger partial charge in [0.05, 0.1) is 28.7 Å². The van der Waals surface area contributed by atoms with Gasteiger partial charge in [0.15, 0.2) is 5.17 Å². The lowest BCUT2D eigenvalue weighted by Crippen LogP contribution is -2.51. The Kier molecular flexibility index (Phi) is 6.65. The van der Waals surface area contributed by atoms with Gasteiger partial charge in [-0.25, -0.2) is 0 Å². The molecule has 1 amide bonds. The van der Waals surface area contributed by atoms with Crippen LogP contribution in [0.2, 0.25) is 0 Å². The lowest BCUT2D eigenvalue weighted by Gasteiger charge is -2.33. The zero-order valence-corrected chi connectivity index (χ0v) is 20.8. The second kappa shape index (κ2) is 9.74. The summed E-state index contributed by atoms with van der Waals surface area (Å²) in [6.07, 6.45) is 0.0237. The van der Waals surface area contributed by atoms with Crippen molar-refractivity contribution in [3.8, 4) is 0 Å². The number of hydrogen-bond acceptors (Lipinski definition) is 5. The first-order chi connectivity index (χ1) is 17.2. The number of nitrogens with zero attached hydrogens (tertiary/aromatic N) is 4. The van der Waals surface area contributed by atoms with Gasteiger partial charge in [-0.2, -0.15) is 23.3 Å². The van der Waals surface area contributed by atoms with Crippen LogP contribution in [0.4, 0.5) is 13.2 Å². The molecule has 0 bridgehead atoms. The number of rotatable bonds is 4. The number of aliphatic imine (C=N–C) groups is 1. The maximum Gasteiger partial charge on any atom is 0.416 e. The fourth-order valence-electron chi connectivity index (χ4n) is 4.53. The standard InChI is InChI=1S/C26H26F3N5OS/c1-3-20-15-33(9-8-30-20)25-32-24(35)23(36-25)12-17-5-7-22-19(11-17)13-31-34(22)14-18-6-4-16(2)10-21(18)26(27,28)29/h4-7,10-13,20,30H,3,8-9,14-15H2,1-2H3/b23-12-/t20-/m0/s1. The molecule has 5 rings (SSSR count). The Morgan fingerprint density at radius 1 is 1.22 bits per heavy atom. The number of amidine groups is 1. The Bertz CT molecular complexity index is 1380. The van der Waals surface area contributed by atoms with Crippen molar-refractivity contribution in [3.05, 3.63) is 69.8 Å². The Hall–Kier alpha value is -3.11. The predicted molar refractivity (Wildman–Crippen MR) is 137 cm³/mol. The van der Waals surface area contributed by atoms with Gasteiger partial charge in [-0.1, -0.05) is 30.7 Å². The number of nitrogens with one attached hydrogen (secondary N) is 1. The highest BCUT2D eigenvalue weighted by molar-refractivity contribution is 8.18. The highest BCUT2D eigenvalue weighted by Crippen LogP contribution is 2.34. The average molecular weight is 514 g/mol. The van der Waals surface area contributed by atoms with Crippen LogP contribution in [0.1, 0.15) is 35.6 Å². The number of amides is 1. The number of alkyl halides is 3. The van der Waals surface area contributed by atoms with Gasteiger partial charge in [0.1, 0.15) is 0 Å². The third-order valence-corrected chi connectivity index (χ3v) is 7.53. The molecule has 1 fully saturated rings. The maximum atomic E-state index is 13.6. The molecule has 3 aromatic rings. The lowest BCUT2D eigenvalue weighted by molar-refractivity contribution is -0.138. The van der Waals surface area contributed by atoms with Crippen LogP contribution in [0.3, 0.4) is 0 Å². The molecule has 0 spiro atoms. The van der Waals surface area contributed by atoms with E-state index in [1.54, 1.807) is 23.9 Å². The van der Waals surface area contributed by atoms with Gasteiger partial charge in [-0.05, 0) is 60.5 Å². The molecule has 0 aliphatic carbocycles. The molecule has 2 aromatic carbocycles. The van der Waals surface area contributed by atoms with Crippen molar-refractivity contribution in [1.82, 2.24) is 20.0 Å². The average Bonchev–Trinajstić information content (AvgIpc) is 3.42. The summed E-state index contributed by atoms with van der Waals surface area (Å²) in [4.78, 5) is 19.5. The van der Waals surface area contributed by atoms with Gasteiger partial charge in [0, 0.05) is 31.1 Å². The molecule has 2 aliphatic heterocycles. The SMILES string of the molecule is CC[C@H]1CN(C2=NC(=O)/C(=C/c3ccc4c(cnn4Cc4ccc(C)cc4C(F)(F)F)c3)S2)CCN1. The number of benzene rings is 2. The van der Waals surface area contributed by atoms with E-state index in [9.17, 15) is 18.0 Å². The summed E-state index contributed by atoms with van der Waals surface area (Å²) in [6.45, 7) is 6.28. The van der Waals surface area contributed by atoms with Crippen LogP contribution in [0.15, 0.2) is 52.5 Å². The summed E-state index contributed by atoms with van der Waals surface area (Å²) in [6, 6.07) is 10.3. The predicted octanol–water partition coefficient (Wildman–Crippen LogP) is 5.07. The Morgan fingerprint density at radius 3 is 2.83 bits per heavy atom. The van der Waals surface area contributed by atoms with Crippen molar-refractivity contribution in [2.24, 2.45) is 4.99 Å². The number of carbonyl (C=O) groups is 1. The van der Waals surface area contributed by atoms with E-state index in [1.807, 2.05) is 24.3 Å². The van der Waals surface area contributed by atoms with Crippen molar-refractivity contribution >= 4 is 39.8 Å². The van der Waals surface area contributed by atoms with Gasteiger partial charge in [0.2, 0.25) is 0 Å². The first-order valence-corrected chi connectivity index (χ1v) is 12.7. The number of aromatic nitrogens is 2. The summed E-state index contributed by atoms with van der Waals surface area (Å²) < 4.78 is 42.2. The van der Waals surface area contributed by atoms with E-state index in [1.165, 1.54) is 23.9 Å². The summed E-state index contributed by atoms with van der Waals surface area (Å²) >= 11 is 1.38. The van der Waals surface area contributed by atoms with Crippen LogP contribution in [-0.4, -0.2) is 51.4 Å². The van der Waals surface area contributed by atoms with Crippen LogP contribution in [-0.2, 0) is 17.5 Å². The molecule has 1 N–H and O–H groups in total. The molecule has 1 aromatic heterocycles. The number of fused-ring (bicyclic) bond motifs is 1. The Labute approximate surface area is 211 Å². The van der Waals surface area contributed by atoms with Crippen molar-refractivity contribution in [2.45, 2.75) is 39.0 Å². The van der Waals surface area contributed by atoms with E-state index in [0.29, 0.717) is 16.5 Å². The minimum absolute atomic E-state index is 0.00798. The highest BCUT2D eigenvalue weighted by Gasteiger charge is 2.33. The first-order valence-electron chi connectivity index (χ1n) is 11.8. The Balaban J connectivity index is 1.35. The number of thioether (sulfide) groups is 1. The number of carbonyl (C=O) groups excluding carboxylic acids is 1. The van der Waals surface area contributed by atoms with Crippen LogP contribution >= 0.6 is 11.8 Å². The second-order valence-corrected chi connectivity index (χ2v) is 10.1. The van der Waals surface area contributed by atoms with E-state index in [2.05, 4.69) is 27.2 Å². The summed E-state index contributed by atoms with van der Waals surface area (Å²) in [5.74, 6) is -0.253. The van der Waals surface area contributed by atoms with E-state index < -0.39 is 11.7 Å². The quantitative estimate of drug-likeness (QED) is 0.494. The lowest BCUT2D eigenvalue weighted by atomic mass is 10.0. The van der Waals surface area contributed by atoms with Crippen LogP contribution in [0.5, 0.6) is 0 Å². The largest absolute Gasteiger partial charge is 0.416 e. The van der Waals surface area contributed by atoms with Crippen LogP contribution in [0.25, 0.3) is 17.0 Å². The van der Waals surface area contributed by atoms with Crippen molar-refractivity contribution in [2.75, 3.05) is 19.6 Å². The molecule has 0 radical (unpaired) electrons. The van der Waals surface area contributed by atoms with E-state index in [4.69, 9.17) is 0 Å². The zero-order valence-electron chi connectivity index (χ0n) is 20.0. The first kappa shape index (κ1) is 24.6. The fourth-order valence-corrected chi connectivity index (χ4v) is 5.48. The molecule has 1 atom stereocenters. The third-order valence-electron chi connectivity index (χ3n) is 6.48. The molecule has 0 saturated carbocycles. The fraction of sp³-hybridized carbons (Fsp3) is 0.346. The minimum atomic E-state index is -4.43. The molecule has 3 heterocycles. The molecular weight excluding hydrogens is 487 g/mol. The second-order valence-electron chi connectivity index (χ2n) is 9.09. The molecule has 188 valence electrons. The van der Waals surface area contributed by atoms with Crippen molar-refractivity contribution in [3.63, 3.8) is 0 Å². The molecule has 36 heavy (non-hydrogen) atoms. The maximum absolute atomic E-state index is 13.6. The summed E-state index contributed by atoms with van der Waals surface area (Å²) in [5, 5.41) is 9.32. The van der Waals surface area contributed by atoms with Gasteiger partial charge < -0.3 is 10.2 Å². The van der Waals surface area contributed by atoms with Crippen LogP contribution in [0, 0.1) is 6.92 Å². The number of piperazine rings is 1. The molecule has 0 unspecified atom stereocenters. The molecule has 1 saturated heterocycles. The van der Waals surface area contributed by atoms with E-state index >= 15 is 0 Å². The molecular formula is C26H26F3N5OS. The van der Waals surface area contributed by atoms with Gasteiger partial charge in [0.25, 0.3) is 5.91 Å². The monoisotopic (exact) mass is 513 g/mol. The number of hydrogen-bond donors (Lipinski definition) is 1. The molecule has 2 aliphatic rings. The van der Waals surface area contributed by atoms with Gasteiger partial charge in [-0.15, -0.1) is 0 Å². The van der Waals surface area contributed by atoms with Gasteiger partial charge >= 0.3 is 6.18 Å². The zero-order chi connectivity index (χ0) is 25.4. The third kappa shape index (κ3) is 5.05. The highest BCUT2D eigenvalue weighted by atomic mass is 32.2. The van der Waals surface area contributed by atoms with E-state index in [-0.39, 0.29) is 18.0 Å². The molecule has 10 heteroatoms. The topological polar surface area (TPSA) is 62.5 Å². The normalized spacial score (nSPS) is 20.0. The molecule has 6 nitrogen and oxygen atoms in total.